The number of allylic oxidation sites excluding steroid dienone is 16. The lowest BCUT2D eigenvalue weighted by molar-refractivity contribution is -0.161. The number of phosphoric acid groups is 1. The second-order valence-corrected chi connectivity index (χ2v) is 14.5. The molecule has 0 unspecified atom stereocenters. The van der Waals surface area contributed by atoms with Crippen LogP contribution in [0.3, 0.4) is 0 Å². The summed E-state index contributed by atoms with van der Waals surface area (Å²) in [6.07, 6.45) is 54.1. The minimum absolute atomic E-state index is 0.161. The first-order valence-corrected chi connectivity index (χ1v) is 22.1. The van der Waals surface area contributed by atoms with Gasteiger partial charge in [-0.15, -0.1) is 0 Å². The SMILES string of the molecule is CCC/C=C/C/C=C/C/C=C/C/C=C/CCCCCC(=O)OC[C@H](COP(=O)(O)O)OC(=O)CCCCC/C=C/C/C=C/C/C=C/C/C=C/CCCCC. The minimum Gasteiger partial charge on any atom is -0.462 e. The van der Waals surface area contributed by atoms with E-state index < -0.39 is 32.5 Å². The fourth-order valence-corrected chi connectivity index (χ4v) is 5.35. The van der Waals surface area contributed by atoms with Gasteiger partial charge in [0.15, 0.2) is 6.10 Å². The van der Waals surface area contributed by atoms with Crippen molar-refractivity contribution in [3.8, 4) is 0 Å². The molecule has 0 amide bonds. The van der Waals surface area contributed by atoms with Crippen molar-refractivity contribution in [1.29, 1.82) is 0 Å². The van der Waals surface area contributed by atoms with E-state index in [9.17, 15) is 14.2 Å². The maximum absolute atomic E-state index is 12.4. The third-order valence-electron chi connectivity index (χ3n) is 8.06. The molecular weight excluding hydrogens is 699 g/mol. The first-order chi connectivity index (χ1) is 26.3. The average Bonchev–Trinajstić information content (AvgIpc) is 3.14. The zero-order chi connectivity index (χ0) is 39.6. The van der Waals surface area contributed by atoms with Crippen LogP contribution in [-0.4, -0.2) is 41.0 Å². The summed E-state index contributed by atoms with van der Waals surface area (Å²) in [6.45, 7) is 3.52. The lowest BCUT2D eigenvalue weighted by Crippen LogP contribution is -2.29. The number of esters is 2. The van der Waals surface area contributed by atoms with E-state index in [1.165, 1.54) is 32.1 Å². The van der Waals surface area contributed by atoms with Crippen molar-refractivity contribution in [3.63, 3.8) is 0 Å². The smallest absolute Gasteiger partial charge is 0.462 e. The molecule has 0 rings (SSSR count). The van der Waals surface area contributed by atoms with Crippen molar-refractivity contribution in [2.75, 3.05) is 13.2 Å². The molecule has 0 aliphatic rings. The largest absolute Gasteiger partial charge is 0.469 e. The normalized spacial score (nSPS) is 13.5. The van der Waals surface area contributed by atoms with Gasteiger partial charge in [0.2, 0.25) is 0 Å². The zero-order valence-corrected chi connectivity index (χ0v) is 34.5. The van der Waals surface area contributed by atoms with Crippen molar-refractivity contribution >= 4 is 19.8 Å². The molecule has 2 N–H and O–H groups in total. The van der Waals surface area contributed by atoms with Gasteiger partial charge >= 0.3 is 19.8 Å². The highest BCUT2D eigenvalue weighted by atomic mass is 31.2. The molecule has 0 spiro atoms. The number of unbranched alkanes of at least 4 members (excludes halogenated alkanes) is 10. The van der Waals surface area contributed by atoms with E-state index in [1.54, 1.807) is 0 Å². The van der Waals surface area contributed by atoms with E-state index in [1.807, 2.05) is 0 Å². The molecule has 0 bridgehead atoms. The number of phosphoric ester groups is 1. The third-order valence-corrected chi connectivity index (χ3v) is 8.54. The summed E-state index contributed by atoms with van der Waals surface area (Å²) in [5.41, 5.74) is 0. The van der Waals surface area contributed by atoms with Crippen LogP contribution in [0.1, 0.15) is 155 Å². The van der Waals surface area contributed by atoms with Crippen LogP contribution in [0.15, 0.2) is 97.2 Å². The van der Waals surface area contributed by atoms with Gasteiger partial charge in [-0.05, 0) is 96.3 Å². The number of rotatable bonds is 36. The van der Waals surface area contributed by atoms with Gasteiger partial charge in [0, 0.05) is 12.8 Å². The molecule has 0 heterocycles. The van der Waals surface area contributed by atoms with Crippen LogP contribution < -0.4 is 0 Å². The predicted molar refractivity (Wildman–Crippen MR) is 225 cm³/mol. The second-order valence-electron chi connectivity index (χ2n) is 13.2. The van der Waals surface area contributed by atoms with Crippen LogP contribution >= 0.6 is 7.82 Å². The van der Waals surface area contributed by atoms with Gasteiger partial charge in [-0.3, -0.25) is 14.1 Å². The van der Waals surface area contributed by atoms with Gasteiger partial charge in [0.1, 0.15) is 6.61 Å². The van der Waals surface area contributed by atoms with Crippen LogP contribution in [0.5, 0.6) is 0 Å². The molecule has 0 aromatic rings. The van der Waals surface area contributed by atoms with Gasteiger partial charge in [-0.1, -0.05) is 143 Å². The molecule has 0 aromatic carbocycles. The van der Waals surface area contributed by atoms with Gasteiger partial charge in [0.05, 0.1) is 6.61 Å². The van der Waals surface area contributed by atoms with Crippen molar-refractivity contribution in [1.82, 2.24) is 0 Å². The third kappa shape index (κ3) is 41.7. The molecule has 0 fully saturated rings. The van der Waals surface area contributed by atoms with Crippen molar-refractivity contribution < 1.29 is 37.9 Å². The lowest BCUT2D eigenvalue weighted by atomic mass is 10.1. The molecule has 306 valence electrons. The Morgan fingerprint density at radius 2 is 0.870 bits per heavy atom. The van der Waals surface area contributed by atoms with Crippen LogP contribution in [0.25, 0.3) is 0 Å². The van der Waals surface area contributed by atoms with Crippen LogP contribution in [-0.2, 0) is 28.2 Å². The van der Waals surface area contributed by atoms with Gasteiger partial charge < -0.3 is 19.3 Å². The Kier molecular flexibility index (Phi) is 37.4. The number of carbonyl (C=O) groups is 2. The summed E-state index contributed by atoms with van der Waals surface area (Å²) in [5.74, 6) is -0.968. The Morgan fingerprint density at radius 1 is 0.481 bits per heavy atom. The van der Waals surface area contributed by atoms with E-state index in [0.29, 0.717) is 12.8 Å². The maximum Gasteiger partial charge on any atom is 0.469 e. The number of ether oxygens (including phenoxy) is 2. The Bertz CT molecular complexity index is 1190. The Hall–Kier alpha value is -3.03. The number of hydrogen-bond acceptors (Lipinski definition) is 6. The van der Waals surface area contributed by atoms with E-state index >= 15 is 0 Å². The molecule has 8 nitrogen and oxygen atoms in total. The molecule has 0 saturated heterocycles. The molecular formula is C45H73O8P. The van der Waals surface area contributed by atoms with E-state index in [4.69, 9.17) is 19.3 Å². The highest BCUT2D eigenvalue weighted by Gasteiger charge is 2.22. The van der Waals surface area contributed by atoms with E-state index in [2.05, 4.69) is 116 Å². The standard InChI is InChI=1S/C45H73O8P/c1-3-5-7-9-11-13-15-17-19-21-22-24-26-28-30-32-34-36-38-40-45(47)53-43(42-52-54(48,49)50)41-51-44(46)39-37-35-33-31-29-27-25-23-20-18-16-14-12-10-8-6-4-2/h8,10-11,13-14,16-17,19-20,22-24,27-30,43H,3-7,9,12,15,18,21,25-26,31-42H2,1-2H3,(H2,48,49,50)/b10-8+,13-11+,16-14+,19-17+,23-20+,24-22+,29-27+,30-28+/t43-/m1/s1. The van der Waals surface area contributed by atoms with Crippen LogP contribution in [0.4, 0.5) is 0 Å². The number of hydrogen-bond donors (Lipinski definition) is 2. The summed E-state index contributed by atoms with van der Waals surface area (Å²) < 4.78 is 26.3. The average molecular weight is 773 g/mol. The Labute approximate surface area is 328 Å². The molecule has 54 heavy (non-hydrogen) atoms. The molecule has 0 aliphatic heterocycles. The first-order valence-electron chi connectivity index (χ1n) is 20.5. The first kappa shape index (κ1) is 51.0. The van der Waals surface area contributed by atoms with E-state index in [-0.39, 0.29) is 19.4 Å². The number of carbonyl (C=O) groups excluding carboxylic acids is 2. The summed E-state index contributed by atoms with van der Waals surface area (Å²) in [7, 11) is -4.78. The van der Waals surface area contributed by atoms with Gasteiger partial charge in [-0.2, -0.15) is 0 Å². The lowest BCUT2D eigenvalue weighted by Gasteiger charge is -2.18. The maximum atomic E-state index is 12.4. The van der Waals surface area contributed by atoms with Crippen LogP contribution in [0, 0.1) is 0 Å². The van der Waals surface area contributed by atoms with Crippen molar-refractivity contribution in [2.45, 2.75) is 161 Å². The highest BCUT2D eigenvalue weighted by Crippen LogP contribution is 2.36. The zero-order valence-electron chi connectivity index (χ0n) is 33.6. The molecule has 9 heteroatoms. The van der Waals surface area contributed by atoms with Crippen molar-refractivity contribution in [2.24, 2.45) is 0 Å². The Morgan fingerprint density at radius 3 is 1.28 bits per heavy atom. The molecule has 0 radical (unpaired) electrons. The molecule has 0 aromatic heterocycles. The second kappa shape index (κ2) is 39.7. The molecule has 0 aliphatic carbocycles. The minimum atomic E-state index is -4.78. The fraction of sp³-hybridized carbons (Fsp3) is 0.600. The summed E-state index contributed by atoms with van der Waals surface area (Å²) >= 11 is 0. The van der Waals surface area contributed by atoms with Gasteiger partial charge in [-0.25, -0.2) is 4.57 Å². The quantitative estimate of drug-likeness (QED) is 0.0280. The molecule has 0 saturated carbocycles. The predicted octanol–water partition coefficient (Wildman–Crippen LogP) is 12.6. The summed E-state index contributed by atoms with van der Waals surface area (Å²) in [4.78, 5) is 42.8. The van der Waals surface area contributed by atoms with Gasteiger partial charge in [0.25, 0.3) is 0 Å². The Balaban J connectivity index is 4.09. The summed E-state index contributed by atoms with van der Waals surface area (Å²) in [6, 6.07) is 0. The van der Waals surface area contributed by atoms with Crippen LogP contribution in [0.2, 0.25) is 0 Å². The fourth-order valence-electron chi connectivity index (χ4n) is 4.99. The topological polar surface area (TPSA) is 119 Å². The highest BCUT2D eigenvalue weighted by molar-refractivity contribution is 7.46. The van der Waals surface area contributed by atoms with Crippen molar-refractivity contribution in [3.05, 3.63) is 97.2 Å². The van der Waals surface area contributed by atoms with E-state index in [0.717, 1.165) is 83.5 Å². The summed E-state index contributed by atoms with van der Waals surface area (Å²) in [5, 5.41) is 0. The molecule has 1 atom stereocenters. The monoisotopic (exact) mass is 773 g/mol.